The average Bonchev–Trinajstić information content (AvgIpc) is 1.88. The molecule has 0 saturated carbocycles. The summed E-state index contributed by atoms with van der Waals surface area (Å²) in [7, 11) is 0. The average molecular weight is 155 g/mol. The lowest BCUT2D eigenvalue weighted by atomic mass is 10.1. The molecule has 1 rings (SSSR count). The van der Waals surface area contributed by atoms with Gasteiger partial charge in [-0.15, -0.1) is 0 Å². The normalized spacial score (nSPS) is 23.2. The molecule has 0 aromatic heterocycles. The highest BCUT2D eigenvalue weighted by Gasteiger charge is 2.20. The quantitative estimate of drug-likeness (QED) is 0.324. The van der Waals surface area contributed by atoms with E-state index in [0.29, 0.717) is 4.86 Å². The summed E-state index contributed by atoms with van der Waals surface area (Å²) in [5.74, 6) is 0. The molecule has 0 radical (unpaired) electrons. The Morgan fingerprint density at radius 1 is 1.60 bits per heavy atom. The zero-order valence-corrected chi connectivity index (χ0v) is 5.88. The molecule has 0 spiro atoms. The second kappa shape index (κ2) is 2.70. The highest BCUT2D eigenvalue weighted by atomic mass is 32.1. The zero-order chi connectivity index (χ0) is 7.56. The van der Waals surface area contributed by atoms with Crippen LogP contribution in [0.1, 0.15) is 0 Å². The summed E-state index contributed by atoms with van der Waals surface area (Å²) >= 11 is 4.72. The van der Waals surface area contributed by atoms with Crippen LogP contribution >= 0.6 is 12.2 Å². The van der Waals surface area contributed by atoms with Gasteiger partial charge in [0.05, 0.1) is 4.86 Å². The minimum atomic E-state index is -0.792. The summed E-state index contributed by atoms with van der Waals surface area (Å²) in [4.78, 5) is 10.2. The van der Waals surface area contributed by atoms with E-state index < -0.39 is 11.0 Å². The summed E-state index contributed by atoms with van der Waals surface area (Å²) < 4.78 is 0. The van der Waals surface area contributed by atoms with Crippen LogP contribution in [0.15, 0.2) is 24.3 Å². The molecule has 1 aliphatic rings. The second-order valence-electron chi connectivity index (χ2n) is 1.88. The van der Waals surface area contributed by atoms with Gasteiger partial charge in [0.25, 0.3) is 6.04 Å². The fourth-order valence-electron chi connectivity index (χ4n) is 0.687. The Kier molecular flexibility index (Phi) is 1.91. The smallest absolute Gasteiger partial charge is 0.264 e. The number of allylic oxidation sites excluding steroid dienone is 2. The van der Waals surface area contributed by atoms with Crippen LogP contribution < -0.4 is 0 Å². The van der Waals surface area contributed by atoms with E-state index in [2.05, 4.69) is 0 Å². The van der Waals surface area contributed by atoms with Crippen molar-refractivity contribution >= 4 is 17.1 Å². The number of hydrogen-bond acceptors (Lipinski definition) is 3. The molecule has 0 fully saturated rings. The van der Waals surface area contributed by atoms with Crippen molar-refractivity contribution in [2.45, 2.75) is 6.04 Å². The van der Waals surface area contributed by atoms with Crippen LogP contribution in [0.3, 0.4) is 0 Å². The molecule has 0 aliphatic heterocycles. The maximum absolute atomic E-state index is 10.2. The standard InChI is InChI=1S/C6H5NO2S/c8-7(9)5-3-1-2-4-6(5)10/h1-5H. The van der Waals surface area contributed by atoms with Gasteiger partial charge in [-0.1, -0.05) is 24.4 Å². The third-order valence-electron chi connectivity index (χ3n) is 1.18. The van der Waals surface area contributed by atoms with E-state index >= 15 is 0 Å². The van der Waals surface area contributed by atoms with Crippen LogP contribution in [0.5, 0.6) is 0 Å². The Balaban J connectivity index is 2.80. The van der Waals surface area contributed by atoms with Gasteiger partial charge in [0, 0.05) is 4.92 Å². The van der Waals surface area contributed by atoms with Crippen LogP contribution in [-0.4, -0.2) is 15.8 Å². The first-order valence-electron chi connectivity index (χ1n) is 2.74. The first-order valence-corrected chi connectivity index (χ1v) is 3.15. The first-order chi connectivity index (χ1) is 4.72. The Bertz CT molecular complexity index is 232. The lowest BCUT2D eigenvalue weighted by Crippen LogP contribution is -2.25. The highest BCUT2D eigenvalue weighted by Crippen LogP contribution is 2.03. The number of hydrogen-bond donors (Lipinski definition) is 0. The summed E-state index contributed by atoms with van der Waals surface area (Å²) in [5.41, 5.74) is 0. The van der Waals surface area contributed by atoms with Gasteiger partial charge in [-0.25, -0.2) is 0 Å². The molecule has 0 bridgehead atoms. The molecule has 52 valence electrons. The molecule has 1 aliphatic carbocycles. The van der Waals surface area contributed by atoms with Crippen molar-refractivity contribution in [1.82, 2.24) is 0 Å². The molecule has 0 N–H and O–H groups in total. The van der Waals surface area contributed by atoms with Gasteiger partial charge >= 0.3 is 0 Å². The Hall–Kier alpha value is -1.03. The van der Waals surface area contributed by atoms with Gasteiger partial charge in [-0.3, -0.25) is 10.1 Å². The van der Waals surface area contributed by atoms with Gasteiger partial charge < -0.3 is 0 Å². The molecule has 4 heteroatoms. The molecule has 3 nitrogen and oxygen atoms in total. The topological polar surface area (TPSA) is 43.1 Å². The SMILES string of the molecule is O=[N+]([O-])C1C=CC=CC1=S. The number of thiocarbonyl (C=S) groups is 1. The fraction of sp³-hybridized carbons (Fsp3) is 0.167. The zero-order valence-electron chi connectivity index (χ0n) is 5.06. The minimum absolute atomic E-state index is 0.368. The molecule has 0 saturated heterocycles. The van der Waals surface area contributed by atoms with Gasteiger partial charge in [-0.2, -0.15) is 0 Å². The fourth-order valence-corrected chi connectivity index (χ4v) is 0.931. The lowest BCUT2D eigenvalue weighted by molar-refractivity contribution is -0.489. The summed E-state index contributed by atoms with van der Waals surface area (Å²) in [6, 6.07) is -0.792. The summed E-state index contributed by atoms with van der Waals surface area (Å²) in [6.45, 7) is 0. The third kappa shape index (κ3) is 1.27. The second-order valence-corrected chi connectivity index (χ2v) is 2.35. The van der Waals surface area contributed by atoms with Crippen molar-refractivity contribution in [2.24, 2.45) is 0 Å². The molecular formula is C6H5NO2S. The maximum atomic E-state index is 10.2. The predicted molar refractivity (Wildman–Crippen MR) is 41.7 cm³/mol. The van der Waals surface area contributed by atoms with Crippen LogP contribution in [0.2, 0.25) is 0 Å². The highest BCUT2D eigenvalue weighted by molar-refractivity contribution is 7.80. The summed E-state index contributed by atoms with van der Waals surface area (Å²) in [6.07, 6.45) is 6.37. The van der Waals surface area contributed by atoms with Crippen molar-refractivity contribution in [3.8, 4) is 0 Å². The molecular weight excluding hydrogens is 150 g/mol. The third-order valence-corrected chi connectivity index (χ3v) is 1.56. The monoisotopic (exact) mass is 155 g/mol. The minimum Gasteiger partial charge on any atom is -0.264 e. The van der Waals surface area contributed by atoms with E-state index in [1.165, 1.54) is 6.08 Å². The van der Waals surface area contributed by atoms with E-state index in [4.69, 9.17) is 12.2 Å². The van der Waals surface area contributed by atoms with Gasteiger partial charge in [0.15, 0.2) is 0 Å². The van der Waals surface area contributed by atoms with Gasteiger partial charge in [-0.05, 0) is 12.2 Å². The van der Waals surface area contributed by atoms with E-state index in [0.717, 1.165) is 0 Å². The number of nitrogens with zero attached hydrogens (tertiary/aromatic N) is 1. The van der Waals surface area contributed by atoms with E-state index in [1.807, 2.05) is 0 Å². The van der Waals surface area contributed by atoms with Crippen LogP contribution in [0.4, 0.5) is 0 Å². The van der Waals surface area contributed by atoms with Crippen molar-refractivity contribution in [1.29, 1.82) is 0 Å². The Morgan fingerprint density at radius 3 is 2.70 bits per heavy atom. The van der Waals surface area contributed by atoms with Crippen LogP contribution in [0, 0.1) is 10.1 Å². The molecule has 0 aromatic rings. The van der Waals surface area contributed by atoms with Crippen molar-refractivity contribution in [2.75, 3.05) is 0 Å². The first kappa shape index (κ1) is 7.08. The summed E-state index contributed by atoms with van der Waals surface area (Å²) in [5, 5.41) is 10.2. The van der Waals surface area contributed by atoms with Gasteiger partial charge in [0.2, 0.25) is 0 Å². The van der Waals surface area contributed by atoms with Crippen molar-refractivity contribution < 1.29 is 4.92 Å². The lowest BCUT2D eigenvalue weighted by Gasteiger charge is -2.04. The molecule has 0 heterocycles. The number of rotatable bonds is 1. The van der Waals surface area contributed by atoms with Crippen LogP contribution in [-0.2, 0) is 0 Å². The van der Waals surface area contributed by atoms with Crippen LogP contribution in [0.25, 0.3) is 0 Å². The molecule has 10 heavy (non-hydrogen) atoms. The molecule has 1 atom stereocenters. The van der Waals surface area contributed by atoms with Gasteiger partial charge in [0.1, 0.15) is 0 Å². The van der Waals surface area contributed by atoms with E-state index in [9.17, 15) is 10.1 Å². The van der Waals surface area contributed by atoms with E-state index in [-0.39, 0.29) is 0 Å². The molecule has 0 amide bonds. The van der Waals surface area contributed by atoms with Crippen molar-refractivity contribution in [3.05, 3.63) is 34.4 Å². The Morgan fingerprint density at radius 2 is 2.30 bits per heavy atom. The maximum Gasteiger partial charge on any atom is 0.266 e. The molecule has 1 unspecified atom stereocenters. The van der Waals surface area contributed by atoms with Crippen molar-refractivity contribution in [3.63, 3.8) is 0 Å². The predicted octanol–water partition coefficient (Wildman–Crippen LogP) is 1.13. The molecule has 0 aromatic carbocycles. The largest absolute Gasteiger partial charge is 0.266 e. The number of nitro groups is 1. The Labute approximate surface area is 63.2 Å². The van der Waals surface area contributed by atoms with E-state index in [1.54, 1.807) is 18.2 Å².